The van der Waals surface area contributed by atoms with Crippen LogP contribution in [0.15, 0.2) is 0 Å². The Morgan fingerprint density at radius 2 is 2.33 bits per heavy atom. The maximum atomic E-state index is 10.7. The number of nitrogens with zero attached hydrogens (tertiary/aromatic N) is 1. The van der Waals surface area contributed by atoms with Crippen LogP contribution in [0.3, 0.4) is 0 Å². The summed E-state index contributed by atoms with van der Waals surface area (Å²) in [5.74, 6) is -0.169. The van der Waals surface area contributed by atoms with E-state index in [1.807, 2.05) is 0 Å². The molecule has 1 amide bonds. The zero-order valence-electron chi connectivity index (χ0n) is 5.50. The molecule has 0 spiro atoms. The van der Waals surface area contributed by atoms with Crippen LogP contribution in [0.25, 0.3) is 0 Å². The quantitative estimate of drug-likeness (QED) is 0.551. The third-order valence-corrected chi connectivity index (χ3v) is 1.62. The molecule has 0 radical (unpaired) electrons. The first-order valence-electron chi connectivity index (χ1n) is 3.12. The highest BCUT2D eigenvalue weighted by Gasteiger charge is 2.28. The third-order valence-electron chi connectivity index (χ3n) is 1.62. The van der Waals surface area contributed by atoms with E-state index in [0.717, 1.165) is 12.8 Å². The summed E-state index contributed by atoms with van der Waals surface area (Å²) in [7, 11) is 1.73. The molecule has 1 N–H and O–H groups in total. The van der Waals surface area contributed by atoms with Crippen molar-refractivity contribution < 1.29 is 9.90 Å². The first-order valence-corrected chi connectivity index (χ1v) is 3.12. The van der Waals surface area contributed by atoms with Gasteiger partial charge in [0.1, 0.15) is 6.61 Å². The summed E-state index contributed by atoms with van der Waals surface area (Å²) >= 11 is 0. The lowest BCUT2D eigenvalue weighted by atomic mass is 10.5. The van der Waals surface area contributed by atoms with E-state index in [1.54, 1.807) is 11.9 Å². The van der Waals surface area contributed by atoms with Gasteiger partial charge in [-0.1, -0.05) is 0 Å². The Morgan fingerprint density at radius 1 is 1.78 bits per heavy atom. The van der Waals surface area contributed by atoms with Crippen molar-refractivity contribution in [3.8, 4) is 0 Å². The van der Waals surface area contributed by atoms with Crippen LogP contribution in [0.5, 0.6) is 0 Å². The van der Waals surface area contributed by atoms with Gasteiger partial charge in [0.2, 0.25) is 5.91 Å². The van der Waals surface area contributed by atoms with E-state index in [0.29, 0.717) is 6.04 Å². The zero-order valence-corrected chi connectivity index (χ0v) is 5.50. The minimum atomic E-state index is -0.354. The lowest BCUT2D eigenvalue weighted by molar-refractivity contribution is -0.133. The molecule has 1 aliphatic rings. The van der Waals surface area contributed by atoms with E-state index < -0.39 is 0 Å². The molecular weight excluding hydrogens is 118 g/mol. The number of likely N-dealkylation sites (N-methyl/N-ethyl adjacent to an activating group) is 1. The molecule has 1 fully saturated rings. The highest BCUT2D eigenvalue weighted by Crippen LogP contribution is 2.24. The normalized spacial score (nSPS) is 17.6. The largest absolute Gasteiger partial charge is 0.387 e. The number of carbonyl (C=O) groups is 1. The van der Waals surface area contributed by atoms with Crippen molar-refractivity contribution in [3.63, 3.8) is 0 Å². The Morgan fingerprint density at radius 3 is 2.67 bits per heavy atom. The second-order valence-electron chi connectivity index (χ2n) is 2.39. The lowest BCUT2D eigenvalue weighted by Gasteiger charge is -2.13. The minimum absolute atomic E-state index is 0.169. The highest BCUT2D eigenvalue weighted by molar-refractivity contribution is 5.77. The topological polar surface area (TPSA) is 40.5 Å². The van der Waals surface area contributed by atoms with E-state index >= 15 is 0 Å². The summed E-state index contributed by atoms with van der Waals surface area (Å²) < 4.78 is 0. The van der Waals surface area contributed by atoms with E-state index in [-0.39, 0.29) is 12.5 Å². The molecule has 0 aromatic rings. The van der Waals surface area contributed by atoms with E-state index in [4.69, 9.17) is 5.11 Å². The Bertz CT molecular complexity index is 120. The molecule has 3 nitrogen and oxygen atoms in total. The van der Waals surface area contributed by atoms with Crippen molar-refractivity contribution in [1.82, 2.24) is 4.90 Å². The van der Waals surface area contributed by atoms with E-state index in [2.05, 4.69) is 0 Å². The first-order chi connectivity index (χ1) is 4.25. The van der Waals surface area contributed by atoms with Crippen molar-refractivity contribution in [2.24, 2.45) is 0 Å². The van der Waals surface area contributed by atoms with Crippen molar-refractivity contribution in [2.45, 2.75) is 18.9 Å². The predicted octanol–water partition coefficient (Wildman–Crippen LogP) is -0.401. The second kappa shape index (κ2) is 2.35. The van der Waals surface area contributed by atoms with Crippen LogP contribution in [0, 0.1) is 0 Å². The molecule has 52 valence electrons. The number of amides is 1. The van der Waals surface area contributed by atoms with Gasteiger partial charge in [0.05, 0.1) is 0 Å². The summed E-state index contributed by atoms with van der Waals surface area (Å²) in [5.41, 5.74) is 0. The minimum Gasteiger partial charge on any atom is -0.387 e. The molecule has 1 saturated carbocycles. The van der Waals surface area contributed by atoms with Gasteiger partial charge in [-0.25, -0.2) is 0 Å². The van der Waals surface area contributed by atoms with Gasteiger partial charge in [-0.3, -0.25) is 4.79 Å². The van der Waals surface area contributed by atoms with Crippen molar-refractivity contribution >= 4 is 5.91 Å². The van der Waals surface area contributed by atoms with Crippen LogP contribution in [0.4, 0.5) is 0 Å². The van der Waals surface area contributed by atoms with Gasteiger partial charge < -0.3 is 10.0 Å². The lowest BCUT2D eigenvalue weighted by Crippen LogP contribution is -2.30. The summed E-state index contributed by atoms with van der Waals surface area (Å²) in [5, 5.41) is 8.39. The Hall–Kier alpha value is -0.570. The summed E-state index contributed by atoms with van der Waals surface area (Å²) in [6.07, 6.45) is 2.20. The molecule has 1 rings (SSSR count). The number of carbonyl (C=O) groups excluding carboxylic acids is 1. The number of hydrogen-bond acceptors (Lipinski definition) is 2. The van der Waals surface area contributed by atoms with Crippen LogP contribution in [-0.4, -0.2) is 35.6 Å². The van der Waals surface area contributed by atoms with Gasteiger partial charge in [-0.15, -0.1) is 0 Å². The van der Waals surface area contributed by atoms with Crippen LogP contribution < -0.4 is 0 Å². The summed E-state index contributed by atoms with van der Waals surface area (Å²) in [4.78, 5) is 12.3. The molecule has 0 saturated heterocycles. The molecule has 0 heterocycles. The van der Waals surface area contributed by atoms with Gasteiger partial charge >= 0.3 is 0 Å². The van der Waals surface area contributed by atoms with Gasteiger partial charge in [0.15, 0.2) is 0 Å². The van der Waals surface area contributed by atoms with Crippen molar-refractivity contribution in [1.29, 1.82) is 0 Å². The maximum absolute atomic E-state index is 10.7. The molecule has 0 unspecified atom stereocenters. The second-order valence-corrected chi connectivity index (χ2v) is 2.39. The molecule has 3 heteroatoms. The standard InChI is InChI=1S/C6H11NO2/c1-7(5-2-3-5)6(9)4-8/h5,8H,2-4H2,1H3. The average molecular weight is 129 g/mol. The summed E-state index contributed by atoms with van der Waals surface area (Å²) in [6.45, 7) is -0.354. The zero-order chi connectivity index (χ0) is 6.85. The predicted molar refractivity (Wildman–Crippen MR) is 32.9 cm³/mol. The van der Waals surface area contributed by atoms with Crippen LogP contribution >= 0.6 is 0 Å². The van der Waals surface area contributed by atoms with E-state index in [1.165, 1.54) is 0 Å². The summed E-state index contributed by atoms with van der Waals surface area (Å²) in [6, 6.07) is 0.421. The Balaban J connectivity index is 2.30. The van der Waals surface area contributed by atoms with Gasteiger partial charge in [0.25, 0.3) is 0 Å². The molecule has 0 aliphatic heterocycles. The van der Waals surface area contributed by atoms with Crippen LogP contribution in [-0.2, 0) is 4.79 Å². The molecule has 0 bridgehead atoms. The molecule has 1 aliphatic carbocycles. The molecule has 0 aromatic carbocycles. The average Bonchev–Trinajstić information content (AvgIpc) is 2.66. The number of hydrogen-bond donors (Lipinski definition) is 1. The third kappa shape index (κ3) is 1.42. The van der Waals surface area contributed by atoms with Gasteiger partial charge in [0, 0.05) is 13.1 Å². The smallest absolute Gasteiger partial charge is 0.248 e. The fraction of sp³-hybridized carbons (Fsp3) is 0.833. The van der Waals surface area contributed by atoms with Crippen molar-refractivity contribution in [2.75, 3.05) is 13.7 Å². The Kier molecular flexibility index (Phi) is 1.71. The van der Waals surface area contributed by atoms with Gasteiger partial charge in [-0.05, 0) is 12.8 Å². The van der Waals surface area contributed by atoms with Crippen molar-refractivity contribution in [3.05, 3.63) is 0 Å². The Labute approximate surface area is 54.3 Å². The van der Waals surface area contributed by atoms with Gasteiger partial charge in [-0.2, -0.15) is 0 Å². The molecular formula is C6H11NO2. The number of aliphatic hydroxyl groups is 1. The van der Waals surface area contributed by atoms with E-state index in [9.17, 15) is 4.79 Å². The monoisotopic (exact) mass is 129 g/mol. The fourth-order valence-corrected chi connectivity index (χ4v) is 0.777. The SMILES string of the molecule is CN(C(=O)CO)C1CC1. The number of rotatable bonds is 2. The molecule has 9 heavy (non-hydrogen) atoms. The fourth-order valence-electron chi connectivity index (χ4n) is 0.777. The van der Waals surface area contributed by atoms with Crippen LogP contribution in [0.1, 0.15) is 12.8 Å². The van der Waals surface area contributed by atoms with Crippen LogP contribution in [0.2, 0.25) is 0 Å². The maximum Gasteiger partial charge on any atom is 0.248 e. The first kappa shape index (κ1) is 6.55. The number of aliphatic hydroxyl groups excluding tert-OH is 1. The molecule has 0 atom stereocenters. The highest BCUT2D eigenvalue weighted by atomic mass is 16.3. The molecule has 0 aromatic heterocycles.